The number of aliphatic hydroxyl groups is 1. The molecule has 0 radical (unpaired) electrons. The number of rotatable bonds is 6. The number of hydrogen-bond donors (Lipinski definition) is 2. The van der Waals surface area contributed by atoms with Crippen LogP contribution in [0.4, 0.5) is 0 Å². The number of likely N-dealkylation sites (tertiary alicyclic amines) is 1. The van der Waals surface area contributed by atoms with Gasteiger partial charge in [0.25, 0.3) is 0 Å². The Kier molecular flexibility index (Phi) is 5.23. The van der Waals surface area contributed by atoms with Crippen molar-refractivity contribution in [1.29, 1.82) is 0 Å². The van der Waals surface area contributed by atoms with Gasteiger partial charge >= 0.3 is 0 Å². The fourth-order valence-electron chi connectivity index (χ4n) is 5.16. The molecule has 1 saturated heterocycles. The molecule has 1 heterocycles. The van der Waals surface area contributed by atoms with Gasteiger partial charge in [-0.25, -0.2) is 0 Å². The lowest BCUT2D eigenvalue weighted by Crippen LogP contribution is -2.45. The molecule has 3 heteroatoms. The van der Waals surface area contributed by atoms with Crippen molar-refractivity contribution < 1.29 is 5.11 Å². The zero-order valence-corrected chi connectivity index (χ0v) is 13.8. The smallest absolute Gasteiger partial charge is 0.0583 e. The Labute approximate surface area is 130 Å². The third-order valence-corrected chi connectivity index (χ3v) is 6.29. The highest BCUT2D eigenvalue weighted by atomic mass is 16.3. The van der Waals surface area contributed by atoms with Crippen LogP contribution < -0.4 is 5.32 Å². The van der Waals surface area contributed by atoms with Gasteiger partial charge in [-0.1, -0.05) is 26.2 Å². The van der Waals surface area contributed by atoms with E-state index < -0.39 is 0 Å². The van der Waals surface area contributed by atoms with Crippen molar-refractivity contribution in [1.82, 2.24) is 10.2 Å². The van der Waals surface area contributed by atoms with E-state index in [1.54, 1.807) is 0 Å². The molecule has 3 nitrogen and oxygen atoms in total. The minimum atomic E-state index is -0.0134. The van der Waals surface area contributed by atoms with Crippen molar-refractivity contribution in [2.24, 2.45) is 17.3 Å². The van der Waals surface area contributed by atoms with Crippen molar-refractivity contribution in [3.8, 4) is 0 Å². The predicted molar refractivity (Wildman–Crippen MR) is 87.3 cm³/mol. The first-order valence-corrected chi connectivity index (χ1v) is 9.33. The molecule has 0 aromatic heterocycles. The Morgan fingerprint density at radius 1 is 1.14 bits per heavy atom. The van der Waals surface area contributed by atoms with Crippen LogP contribution in [0.3, 0.4) is 0 Å². The highest BCUT2D eigenvalue weighted by Gasteiger charge is 2.44. The number of fused-ring (bicyclic) bond motifs is 1. The molecule has 1 aliphatic heterocycles. The third-order valence-electron chi connectivity index (χ3n) is 6.29. The van der Waals surface area contributed by atoms with E-state index in [9.17, 15) is 5.11 Å². The molecule has 2 aliphatic carbocycles. The second-order valence-corrected chi connectivity index (χ2v) is 8.00. The first kappa shape index (κ1) is 15.8. The number of nitrogens with zero attached hydrogens (tertiary/aromatic N) is 1. The van der Waals surface area contributed by atoms with Gasteiger partial charge < -0.3 is 15.3 Å². The first-order chi connectivity index (χ1) is 10.2. The zero-order chi connectivity index (χ0) is 14.7. The highest BCUT2D eigenvalue weighted by Crippen LogP contribution is 2.42. The summed E-state index contributed by atoms with van der Waals surface area (Å²) < 4.78 is 0. The summed E-state index contributed by atoms with van der Waals surface area (Å²) in [6, 6.07) is 0. The van der Waals surface area contributed by atoms with Crippen LogP contribution in [0.25, 0.3) is 0 Å². The molecule has 21 heavy (non-hydrogen) atoms. The van der Waals surface area contributed by atoms with Crippen LogP contribution in [0.5, 0.6) is 0 Å². The lowest BCUT2D eigenvalue weighted by molar-refractivity contribution is 0.0937. The lowest BCUT2D eigenvalue weighted by Gasteiger charge is -2.41. The second kappa shape index (κ2) is 6.97. The molecule has 3 unspecified atom stereocenters. The van der Waals surface area contributed by atoms with Crippen molar-refractivity contribution in [2.75, 3.05) is 32.7 Å². The van der Waals surface area contributed by atoms with E-state index in [0.717, 1.165) is 25.4 Å². The summed E-state index contributed by atoms with van der Waals surface area (Å²) in [5.41, 5.74) is 0.511. The Hall–Kier alpha value is -0.120. The van der Waals surface area contributed by atoms with E-state index in [4.69, 9.17) is 0 Å². The van der Waals surface area contributed by atoms with Crippen molar-refractivity contribution in [3.63, 3.8) is 0 Å². The maximum atomic E-state index is 10.1. The van der Waals surface area contributed by atoms with Crippen molar-refractivity contribution in [2.45, 2.75) is 64.4 Å². The Bertz CT molecular complexity index is 327. The number of aliphatic hydroxyl groups excluding tert-OH is 1. The van der Waals surface area contributed by atoms with Crippen LogP contribution in [0.2, 0.25) is 0 Å². The molecule has 122 valence electrons. The van der Waals surface area contributed by atoms with Gasteiger partial charge in [0.15, 0.2) is 0 Å². The summed E-state index contributed by atoms with van der Waals surface area (Å²) in [5, 5.41) is 13.8. The van der Waals surface area contributed by atoms with E-state index >= 15 is 0 Å². The molecule has 0 aromatic rings. The molecule has 2 N–H and O–H groups in total. The molecule has 3 atom stereocenters. The average Bonchev–Trinajstić information content (AvgIpc) is 3.02. The molecule has 3 aliphatic rings. The van der Waals surface area contributed by atoms with E-state index in [2.05, 4.69) is 17.1 Å². The van der Waals surface area contributed by atoms with Gasteiger partial charge in [0.2, 0.25) is 0 Å². The summed E-state index contributed by atoms with van der Waals surface area (Å²) in [4.78, 5) is 2.69. The molecule has 0 aromatic carbocycles. The van der Waals surface area contributed by atoms with Gasteiger partial charge in [0.1, 0.15) is 0 Å². The summed E-state index contributed by atoms with van der Waals surface area (Å²) in [7, 11) is 0. The normalized spacial score (nSPS) is 36.0. The van der Waals surface area contributed by atoms with E-state index in [1.165, 1.54) is 64.6 Å². The largest absolute Gasteiger partial charge is 0.393 e. The van der Waals surface area contributed by atoms with Crippen LogP contribution in [0, 0.1) is 17.3 Å². The third kappa shape index (κ3) is 3.62. The van der Waals surface area contributed by atoms with Crippen LogP contribution in [-0.2, 0) is 0 Å². The van der Waals surface area contributed by atoms with Crippen molar-refractivity contribution >= 4 is 0 Å². The van der Waals surface area contributed by atoms with Crippen LogP contribution in [0.15, 0.2) is 0 Å². The molecule has 0 spiro atoms. The maximum Gasteiger partial charge on any atom is 0.0583 e. The Morgan fingerprint density at radius 3 is 2.67 bits per heavy atom. The molecule has 0 bridgehead atoms. The predicted octanol–water partition coefficient (Wildman–Crippen LogP) is 2.64. The molecule has 3 fully saturated rings. The van der Waals surface area contributed by atoms with E-state index in [0.29, 0.717) is 11.3 Å². The van der Waals surface area contributed by atoms with Gasteiger partial charge in [-0.2, -0.15) is 0 Å². The second-order valence-electron chi connectivity index (χ2n) is 8.00. The van der Waals surface area contributed by atoms with Crippen molar-refractivity contribution in [3.05, 3.63) is 0 Å². The molecule has 3 rings (SSSR count). The monoisotopic (exact) mass is 294 g/mol. The topological polar surface area (TPSA) is 35.5 Å². The zero-order valence-electron chi connectivity index (χ0n) is 13.8. The average molecular weight is 294 g/mol. The fraction of sp³-hybridized carbons (Fsp3) is 1.00. The Balaban J connectivity index is 1.57. The maximum absolute atomic E-state index is 10.1. The molecular formula is C18H34N2O. The summed E-state index contributed by atoms with van der Waals surface area (Å²) >= 11 is 0. The van der Waals surface area contributed by atoms with Gasteiger partial charge in [0.05, 0.1) is 6.10 Å². The minimum absolute atomic E-state index is 0.0134. The highest BCUT2D eigenvalue weighted by molar-refractivity contribution is 4.96. The van der Waals surface area contributed by atoms with E-state index in [-0.39, 0.29) is 6.10 Å². The summed E-state index contributed by atoms with van der Waals surface area (Å²) in [5.74, 6) is 1.36. The standard InChI is InChI=1S/C18H34N2O/c1-2-10-19-13-18(8-4-3-5-9-18)14-20-11-15-6-7-17(21)16(15)12-20/h15-17,19,21H,2-14H2,1H3. The number of nitrogens with one attached hydrogen (secondary N) is 1. The van der Waals surface area contributed by atoms with Crippen LogP contribution >= 0.6 is 0 Å². The van der Waals surface area contributed by atoms with E-state index in [1.807, 2.05) is 0 Å². The quantitative estimate of drug-likeness (QED) is 0.739. The number of hydrogen-bond acceptors (Lipinski definition) is 3. The molecule has 2 saturated carbocycles. The van der Waals surface area contributed by atoms with Gasteiger partial charge in [-0.15, -0.1) is 0 Å². The van der Waals surface area contributed by atoms with Crippen LogP contribution in [0.1, 0.15) is 58.3 Å². The summed E-state index contributed by atoms with van der Waals surface area (Å²) in [6.45, 7) is 8.28. The van der Waals surface area contributed by atoms with Gasteiger partial charge in [-0.3, -0.25) is 0 Å². The molecule has 0 amide bonds. The van der Waals surface area contributed by atoms with Gasteiger partial charge in [-0.05, 0) is 50.0 Å². The van der Waals surface area contributed by atoms with Crippen LogP contribution in [-0.4, -0.2) is 48.8 Å². The first-order valence-electron chi connectivity index (χ1n) is 9.33. The molecular weight excluding hydrogens is 260 g/mol. The SMILES string of the molecule is CCCNCC1(CN2CC3CCC(O)C3C2)CCCCC1. The lowest BCUT2D eigenvalue weighted by atomic mass is 9.73. The Morgan fingerprint density at radius 2 is 1.95 bits per heavy atom. The van der Waals surface area contributed by atoms with Gasteiger partial charge in [0, 0.05) is 32.1 Å². The minimum Gasteiger partial charge on any atom is -0.393 e. The fourth-order valence-corrected chi connectivity index (χ4v) is 5.16. The summed E-state index contributed by atoms with van der Waals surface area (Å²) in [6.07, 6.45) is 10.6.